The third-order valence-corrected chi connectivity index (χ3v) is 5.50. The van der Waals surface area contributed by atoms with Crippen LogP contribution in [-0.4, -0.2) is 8.42 Å². The Morgan fingerprint density at radius 2 is 2.00 bits per heavy atom. The van der Waals surface area contributed by atoms with Gasteiger partial charge in [-0.15, -0.1) is 11.3 Å². The van der Waals surface area contributed by atoms with Gasteiger partial charge in [-0.25, -0.2) is 17.5 Å². The molecule has 2 rings (SSSR count). The monoisotopic (exact) mass is 314 g/mol. The highest BCUT2D eigenvalue weighted by atomic mass is 32.2. The van der Waals surface area contributed by atoms with E-state index in [-0.39, 0.29) is 5.69 Å². The van der Waals surface area contributed by atoms with Gasteiger partial charge >= 0.3 is 0 Å². The van der Waals surface area contributed by atoms with Crippen molar-refractivity contribution in [3.05, 3.63) is 45.9 Å². The van der Waals surface area contributed by atoms with Crippen molar-refractivity contribution in [1.29, 1.82) is 0 Å². The van der Waals surface area contributed by atoms with Gasteiger partial charge in [-0.05, 0) is 44.2 Å². The fraction of sp³-hybridized carbons (Fsp3) is 0.231. The van der Waals surface area contributed by atoms with Gasteiger partial charge < -0.3 is 5.73 Å². The van der Waals surface area contributed by atoms with Gasteiger partial charge in [0.25, 0.3) is 0 Å². The summed E-state index contributed by atoms with van der Waals surface area (Å²) in [7, 11) is -3.95. The molecule has 3 N–H and O–H groups in total. The summed E-state index contributed by atoms with van der Waals surface area (Å²) in [6, 6.07) is 6.81. The van der Waals surface area contributed by atoms with E-state index in [2.05, 4.69) is 4.72 Å². The summed E-state index contributed by atoms with van der Waals surface area (Å²) in [5.41, 5.74) is 5.71. The molecule has 7 heteroatoms. The van der Waals surface area contributed by atoms with Crippen molar-refractivity contribution in [2.24, 2.45) is 0 Å². The molecule has 0 radical (unpaired) electrons. The molecule has 1 atom stereocenters. The van der Waals surface area contributed by atoms with Crippen molar-refractivity contribution in [1.82, 2.24) is 4.72 Å². The Labute approximate surface area is 121 Å². The number of rotatable bonds is 4. The van der Waals surface area contributed by atoms with Crippen LogP contribution in [0.1, 0.15) is 22.7 Å². The zero-order valence-electron chi connectivity index (χ0n) is 11.1. The van der Waals surface area contributed by atoms with Crippen LogP contribution in [0.3, 0.4) is 0 Å². The van der Waals surface area contributed by atoms with Crippen LogP contribution in [0.5, 0.6) is 0 Å². The summed E-state index contributed by atoms with van der Waals surface area (Å²) >= 11 is 1.49. The Kier molecular flexibility index (Phi) is 4.12. The summed E-state index contributed by atoms with van der Waals surface area (Å²) in [6.45, 7) is 3.65. The number of hydrogen-bond acceptors (Lipinski definition) is 4. The second kappa shape index (κ2) is 5.51. The van der Waals surface area contributed by atoms with Gasteiger partial charge in [0.1, 0.15) is 10.7 Å². The van der Waals surface area contributed by atoms with Crippen molar-refractivity contribution in [2.75, 3.05) is 5.73 Å². The third-order valence-electron chi connectivity index (χ3n) is 2.76. The summed E-state index contributed by atoms with van der Waals surface area (Å²) in [5, 5.41) is 0. The molecular formula is C13H15FN2O2S2. The Balaban J connectivity index is 2.29. The van der Waals surface area contributed by atoms with Crippen LogP contribution in [0.15, 0.2) is 35.2 Å². The SMILES string of the molecule is Cc1ccc(C(C)NS(=O)(=O)c2cc(N)ccc2F)s1. The van der Waals surface area contributed by atoms with Gasteiger partial charge in [0.05, 0.1) is 6.04 Å². The highest BCUT2D eigenvalue weighted by Crippen LogP contribution is 2.25. The van der Waals surface area contributed by atoms with E-state index >= 15 is 0 Å². The smallest absolute Gasteiger partial charge is 0.244 e. The first-order chi connectivity index (χ1) is 9.29. The van der Waals surface area contributed by atoms with E-state index < -0.39 is 26.8 Å². The van der Waals surface area contributed by atoms with Gasteiger partial charge in [-0.2, -0.15) is 0 Å². The normalized spacial score (nSPS) is 13.3. The number of nitrogens with one attached hydrogen (secondary N) is 1. The number of sulfonamides is 1. The minimum atomic E-state index is -3.95. The fourth-order valence-corrected chi connectivity index (χ4v) is 4.06. The lowest BCUT2D eigenvalue weighted by atomic mass is 10.3. The number of thiophene rings is 1. The Morgan fingerprint density at radius 3 is 2.60 bits per heavy atom. The average molecular weight is 314 g/mol. The van der Waals surface area contributed by atoms with E-state index in [1.807, 2.05) is 19.1 Å². The lowest BCUT2D eigenvalue weighted by Gasteiger charge is -2.13. The third kappa shape index (κ3) is 3.17. The van der Waals surface area contributed by atoms with Gasteiger partial charge in [-0.1, -0.05) is 0 Å². The van der Waals surface area contributed by atoms with Crippen LogP contribution in [0, 0.1) is 12.7 Å². The maximum Gasteiger partial charge on any atom is 0.244 e. The zero-order chi connectivity index (χ0) is 14.9. The summed E-state index contributed by atoms with van der Waals surface area (Å²) < 4.78 is 40.5. The summed E-state index contributed by atoms with van der Waals surface area (Å²) in [6.07, 6.45) is 0. The topological polar surface area (TPSA) is 72.2 Å². The minimum Gasteiger partial charge on any atom is -0.399 e. The average Bonchev–Trinajstić information content (AvgIpc) is 2.78. The van der Waals surface area contributed by atoms with E-state index in [1.165, 1.54) is 17.4 Å². The first kappa shape index (κ1) is 15.0. The van der Waals surface area contributed by atoms with Crippen LogP contribution >= 0.6 is 11.3 Å². The highest BCUT2D eigenvalue weighted by molar-refractivity contribution is 7.89. The predicted octanol–water partition coefficient (Wildman–Crippen LogP) is 2.82. The molecule has 1 aromatic heterocycles. The number of halogens is 1. The number of aryl methyl sites for hydroxylation is 1. The molecule has 0 bridgehead atoms. The molecule has 0 amide bonds. The Bertz CT molecular complexity index is 726. The van der Waals surface area contributed by atoms with E-state index in [0.717, 1.165) is 21.9 Å². The zero-order valence-corrected chi connectivity index (χ0v) is 12.7. The second-order valence-corrected chi connectivity index (χ2v) is 7.48. The number of benzene rings is 1. The standard InChI is InChI=1S/C13H15FN2O2S2/c1-8-3-6-12(19-8)9(2)16-20(17,18)13-7-10(15)4-5-11(13)14/h3-7,9,16H,15H2,1-2H3. The molecular weight excluding hydrogens is 299 g/mol. The van der Waals surface area contributed by atoms with Crippen LogP contribution in [0.4, 0.5) is 10.1 Å². The van der Waals surface area contributed by atoms with Crippen molar-refractivity contribution in [3.8, 4) is 0 Å². The largest absolute Gasteiger partial charge is 0.399 e. The number of nitrogen functional groups attached to an aromatic ring is 1. The molecule has 0 aliphatic rings. The van der Waals surface area contributed by atoms with Crippen LogP contribution in [0.25, 0.3) is 0 Å². The van der Waals surface area contributed by atoms with Crippen LogP contribution < -0.4 is 10.5 Å². The minimum absolute atomic E-state index is 0.200. The van der Waals surface area contributed by atoms with Crippen molar-refractivity contribution in [2.45, 2.75) is 24.8 Å². The van der Waals surface area contributed by atoms with Gasteiger partial charge in [0, 0.05) is 15.4 Å². The molecule has 108 valence electrons. The lowest BCUT2D eigenvalue weighted by Crippen LogP contribution is -2.27. The molecule has 20 heavy (non-hydrogen) atoms. The van der Waals surface area contributed by atoms with E-state index in [4.69, 9.17) is 5.73 Å². The van der Waals surface area contributed by atoms with Gasteiger partial charge in [0.2, 0.25) is 10.0 Å². The summed E-state index contributed by atoms with van der Waals surface area (Å²) in [4.78, 5) is 1.52. The Morgan fingerprint density at radius 1 is 1.30 bits per heavy atom. The molecule has 0 aliphatic heterocycles. The first-order valence-corrected chi connectivity index (χ1v) is 8.23. The molecule has 1 unspecified atom stereocenters. The quantitative estimate of drug-likeness (QED) is 0.852. The van der Waals surface area contributed by atoms with Crippen LogP contribution in [0.2, 0.25) is 0 Å². The van der Waals surface area contributed by atoms with Crippen molar-refractivity contribution in [3.63, 3.8) is 0 Å². The molecule has 0 saturated heterocycles. The maximum absolute atomic E-state index is 13.7. The highest BCUT2D eigenvalue weighted by Gasteiger charge is 2.22. The maximum atomic E-state index is 13.7. The molecule has 0 saturated carbocycles. The molecule has 0 spiro atoms. The lowest BCUT2D eigenvalue weighted by molar-refractivity contribution is 0.548. The van der Waals surface area contributed by atoms with Crippen molar-refractivity contribution < 1.29 is 12.8 Å². The molecule has 4 nitrogen and oxygen atoms in total. The first-order valence-electron chi connectivity index (χ1n) is 5.93. The second-order valence-electron chi connectivity index (χ2n) is 4.48. The van der Waals surface area contributed by atoms with Gasteiger partial charge in [0.15, 0.2) is 0 Å². The van der Waals surface area contributed by atoms with E-state index in [9.17, 15) is 12.8 Å². The van der Waals surface area contributed by atoms with E-state index in [0.29, 0.717) is 0 Å². The summed E-state index contributed by atoms with van der Waals surface area (Å²) in [5.74, 6) is -0.818. The molecule has 1 aromatic carbocycles. The molecule has 2 aromatic rings. The molecule has 0 aliphatic carbocycles. The number of anilines is 1. The predicted molar refractivity (Wildman–Crippen MR) is 78.6 cm³/mol. The van der Waals surface area contributed by atoms with Crippen LogP contribution in [-0.2, 0) is 10.0 Å². The van der Waals surface area contributed by atoms with Gasteiger partial charge in [-0.3, -0.25) is 0 Å². The number of hydrogen-bond donors (Lipinski definition) is 2. The molecule has 1 heterocycles. The molecule has 0 fully saturated rings. The number of nitrogens with two attached hydrogens (primary N) is 1. The van der Waals surface area contributed by atoms with Crippen molar-refractivity contribution >= 4 is 27.0 Å². The van der Waals surface area contributed by atoms with E-state index in [1.54, 1.807) is 6.92 Å². The fourth-order valence-electron chi connectivity index (χ4n) is 1.77. The Hall–Kier alpha value is -1.44.